The summed E-state index contributed by atoms with van der Waals surface area (Å²) < 4.78 is 15.4. The Morgan fingerprint density at radius 2 is 1.90 bits per heavy atom. The molecule has 10 nitrogen and oxygen atoms in total. The summed E-state index contributed by atoms with van der Waals surface area (Å²) in [5.41, 5.74) is 5.28. The molecule has 0 spiro atoms. The quantitative estimate of drug-likeness (QED) is 0.208. The normalized spacial score (nSPS) is 11.9. The van der Waals surface area contributed by atoms with Crippen molar-refractivity contribution in [3.05, 3.63) is 101 Å². The second kappa shape index (κ2) is 11.4. The van der Waals surface area contributed by atoms with Crippen LogP contribution in [-0.2, 0) is 24.2 Å². The predicted molar refractivity (Wildman–Crippen MR) is 148 cm³/mol. The summed E-state index contributed by atoms with van der Waals surface area (Å²) in [5, 5.41) is 24.0. The van der Waals surface area contributed by atoms with Gasteiger partial charge < -0.3 is 20.7 Å². The monoisotopic (exact) mass is 541 g/mol. The summed E-state index contributed by atoms with van der Waals surface area (Å²) in [5.74, 6) is -1.48. The number of carbonyl (C=O) groups is 2. The van der Waals surface area contributed by atoms with E-state index in [1.54, 1.807) is 42.1 Å². The number of hydrogen-bond donors (Lipinski definition) is 4. The molecule has 0 saturated heterocycles. The number of amides is 1. The number of carbonyl (C=O) groups excluding carboxylic acids is 1. The molecule has 4 N–H and O–H groups in total. The predicted octanol–water partition coefficient (Wildman–Crippen LogP) is 4.19. The first-order valence-electron chi connectivity index (χ1n) is 12.8. The van der Waals surface area contributed by atoms with Crippen LogP contribution in [0, 0.1) is 12.7 Å². The second-order valence-corrected chi connectivity index (χ2v) is 9.46. The molecule has 0 bridgehead atoms. The molecular weight excluding hydrogens is 513 g/mol. The number of para-hydroxylation sites is 2. The fourth-order valence-corrected chi connectivity index (χ4v) is 4.58. The van der Waals surface area contributed by atoms with Crippen LogP contribution in [0.25, 0.3) is 16.7 Å². The number of aromatic nitrogens is 5. The first kappa shape index (κ1) is 26.5. The van der Waals surface area contributed by atoms with Crippen LogP contribution in [0.3, 0.4) is 0 Å². The Hall–Kier alpha value is -5.06. The third kappa shape index (κ3) is 5.83. The van der Waals surface area contributed by atoms with Crippen LogP contribution in [0.4, 0.5) is 10.3 Å². The SMILES string of the molecule is CCc1cc(F)cc(C)c1C(=O)NC(Cc1ccc(-n2cc(CNc3nc4ccccc4[nH]3)nn2)cc1)C(=O)O. The summed E-state index contributed by atoms with van der Waals surface area (Å²) in [6.07, 6.45) is 2.31. The van der Waals surface area contributed by atoms with Gasteiger partial charge in [-0.05, 0) is 66.4 Å². The minimum Gasteiger partial charge on any atom is -0.480 e. The third-order valence-corrected chi connectivity index (χ3v) is 6.60. The zero-order valence-electron chi connectivity index (χ0n) is 22.0. The molecule has 11 heteroatoms. The van der Waals surface area contributed by atoms with Gasteiger partial charge >= 0.3 is 5.97 Å². The number of carboxylic acids is 1. The molecule has 40 heavy (non-hydrogen) atoms. The Balaban J connectivity index is 1.22. The van der Waals surface area contributed by atoms with Gasteiger partial charge in [-0.25, -0.2) is 18.9 Å². The van der Waals surface area contributed by atoms with Crippen molar-refractivity contribution in [2.45, 2.75) is 39.3 Å². The molecule has 0 fully saturated rings. The Morgan fingerprint density at radius 3 is 2.62 bits per heavy atom. The molecule has 2 aromatic heterocycles. The van der Waals surface area contributed by atoms with Crippen LogP contribution in [0.5, 0.6) is 0 Å². The van der Waals surface area contributed by atoms with Crippen molar-refractivity contribution in [3.8, 4) is 5.69 Å². The lowest BCUT2D eigenvalue weighted by Crippen LogP contribution is -2.42. The lowest BCUT2D eigenvalue weighted by atomic mass is 9.98. The minimum atomic E-state index is -1.16. The van der Waals surface area contributed by atoms with Crippen LogP contribution in [0.1, 0.15) is 39.7 Å². The smallest absolute Gasteiger partial charge is 0.326 e. The number of imidazole rings is 1. The number of halogens is 1. The lowest BCUT2D eigenvalue weighted by molar-refractivity contribution is -0.139. The number of aromatic amines is 1. The van der Waals surface area contributed by atoms with E-state index >= 15 is 0 Å². The van der Waals surface area contributed by atoms with Crippen molar-refractivity contribution in [1.82, 2.24) is 30.3 Å². The van der Waals surface area contributed by atoms with E-state index in [-0.39, 0.29) is 6.42 Å². The molecule has 204 valence electrons. The maximum Gasteiger partial charge on any atom is 0.326 e. The van der Waals surface area contributed by atoms with Crippen LogP contribution in [0.15, 0.2) is 66.9 Å². The van der Waals surface area contributed by atoms with E-state index in [4.69, 9.17) is 0 Å². The zero-order chi connectivity index (χ0) is 28.2. The van der Waals surface area contributed by atoms with Gasteiger partial charge in [0.2, 0.25) is 5.95 Å². The van der Waals surface area contributed by atoms with Crippen LogP contribution < -0.4 is 10.6 Å². The second-order valence-electron chi connectivity index (χ2n) is 9.46. The average molecular weight is 542 g/mol. The fourth-order valence-electron chi connectivity index (χ4n) is 4.58. The molecule has 3 aromatic carbocycles. The maximum absolute atomic E-state index is 13.8. The van der Waals surface area contributed by atoms with Crippen molar-refractivity contribution in [2.24, 2.45) is 0 Å². The van der Waals surface area contributed by atoms with E-state index in [0.29, 0.717) is 41.3 Å². The zero-order valence-corrected chi connectivity index (χ0v) is 22.0. The van der Waals surface area contributed by atoms with E-state index in [0.717, 1.165) is 22.3 Å². The van der Waals surface area contributed by atoms with E-state index in [2.05, 4.69) is 30.9 Å². The van der Waals surface area contributed by atoms with Gasteiger partial charge in [0, 0.05) is 12.0 Å². The van der Waals surface area contributed by atoms with Crippen LogP contribution in [-0.4, -0.2) is 48.0 Å². The minimum absolute atomic E-state index is 0.0765. The summed E-state index contributed by atoms with van der Waals surface area (Å²) >= 11 is 0. The number of aryl methyl sites for hydroxylation is 2. The number of anilines is 1. The van der Waals surface area contributed by atoms with Crippen molar-refractivity contribution in [1.29, 1.82) is 0 Å². The van der Waals surface area contributed by atoms with Gasteiger partial charge in [0.05, 0.1) is 29.5 Å². The Kier molecular flexibility index (Phi) is 7.54. The molecule has 0 aliphatic rings. The Bertz CT molecular complexity index is 1640. The molecular formula is C29H28FN7O3. The summed E-state index contributed by atoms with van der Waals surface area (Å²) in [7, 11) is 0. The maximum atomic E-state index is 13.8. The molecule has 1 amide bonds. The average Bonchev–Trinajstić information content (AvgIpc) is 3.58. The fraction of sp³-hybridized carbons (Fsp3) is 0.207. The van der Waals surface area contributed by atoms with Crippen LogP contribution in [0.2, 0.25) is 0 Å². The van der Waals surface area contributed by atoms with Gasteiger partial charge in [-0.3, -0.25) is 4.79 Å². The highest BCUT2D eigenvalue weighted by Crippen LogP contribution is 2.19. The molecule has 1 atom stereocenters. The van der Waals surface area contributed by atoms with Crippen molar-refractivity contribution in [3.63, 3.8) is 0 Å². The van der Waals surface area contributed by atoms with Crippen molar-refractivity contribution < 1.29 is 19.1 Å². The summed E-state index contributed by atoms with van der Waals surface area (Å²) in [6.45, 7) is 3.87. The number of nitrogens with one attached hydrogen (secondary N) is 3. The first-order valence-corrected chi connectivity index (χ1v) is 12.8. The van der Waals surface area contributed by atoms with E-state index in [1.807, 2.05) is 31.2 Å². The number of fused-ring (bicyclic) bond motifs is 1. The molecule has 0 saturated carbocycles. The molecule has 0 aliphatic heterocycles. The Morgan fingerprint density at radius 1 is 1.12 bits per heavy atom. The van der Waals surface area contributed by atoms with E-state index < -0.39 is 23.7 Å². The lowest BCUT2D eigenvalue weighted by Gasteiger charge is -2.17. The third-order valence-electron chi connectivity index (χ3n) is 6.60. The van der Waals surface area contributed by atoms with Crippen molar-refractivity contribution >= 4 is 28.9 Å². The number of benzene rings is 3. The molecule has 2 heterocycles. The molecule has 0 aliphatic carbocycles. The van der Waals surface area contributed by atoms with Crippen LogP contribution >= 0.6 is 0 Å². The van der Waals surface area contributed by atoms with Gasteiger partial charge in [0.25, 0.3) is 5.91 Å². The number of rotatable bonds is 10. The highest BCUT2D eigenvalue weighted by atomic mass is 19.1. The summed E-state index contributed by atoms with van der Waals surface area (Å²) in [6, 6.07) is 16.4. The molecule has 1 unspecified atom stereocenters. The number of carboxylic acid groups (broad SMARTS) is 1. The van der Waals surface area contributed by atoms with E-state index in [9.17, 15) is 19.1 Å². The topological polar surface area (TPSA) is 138 Å². The highest BCUT2D eigenvalue weighted by molar-refractivity contribution is 5.99. The largest absolute Gasteiger partial charge is 0.480 e. The molecule has 5 aromatic rings. The van der Waals surface area contributed by atoms with Gasteiger partial charge in [0.15, 0.2) is 0 Å². The number of nitrogens with zero attached hydrogens (tertiary/aromatic N) is 4. The van der Waals surface area contributed by atoms with Gasteiger partial charge in [-0.2, -0.15) is 0 Å². The van der Waals surface area contributed by atoms with Crippen molar-refractivity contribution in [2.75, 3.05) is 5.32 Å². The highest BCUT2D eigenvalue weighted by Gasteiger charge is 2.24. The number of hydrogen-bond acceptors (Lipinski definition) is 6. The first-order chi connectivity index (χ1) is 19.3. The standard InChI is InChI=1S/C29H28FN7O3/c1-3-19-14-20(30)12-17(2)26(19)27(38)32-25(28(39)40)13-18-8-10-22(11-9-18)37-16-21(35-36-37)15-31-29-33-23-6-4-5-7-24(23)34-29/h4-12,14,16,25H,3,13,15H2,1-2H3,(H,32,38)(H,39,40)(H2,31,33,34). The van der Waals surface area contributed by atoms with Gasteiger partial charge in [0.1, 0.15) is 17.6 Å². The van der Waals surface area contributed by atoms with Gasteiger partial charge in [-0.1, -0.05) is 36.4 Å². The number of H-pyrrole nitrogens is 1. The summed E-state index contributed by atoms with van der Waals surface area (Å²) in [4.78, 5) is 32.6. The van der Waals surface area contributed by atoms with Gasteiger partial charge in [-0.15, -0.1) is 5.10 Å². The molecule has 5 rings (SSSR count). The number of aliphatic carboxylic acids is 1. The Labute approximate surface area is 229 Å². The molecule has 0 radical (unpaired) electrons. The van der Waals surface area contributed by atoms with E-state index in [1.165, 1.54) is 12.1 Å².